The summed E-state index contributed by atoms with van der Waals surface area (Å²) >= 11 is 0. The Balaban J connectivity index is 1.79. The summed E-state index contributed by atoms with van der Waals surface area (Å²) in [5.74, 6) is 1.11. The first-order valence-corrected chi connectivity index (χ1v) is 6.16. The van der Waals surface area contributed by atoms with Gasteiger partial charge in [-0.15, -0.1) is 0 Å². The number of hydrogen-bond acceptors (Lipinski definition) is 6. The fourth-order valence-corrected chi connectivity index (χ4v) is 2.22. The highest BCUT2D eigenvalue weighted by atomic mass is 16.5. The summed E-state index contributed by atoms with van der Waals surface area (Å²) in [6.45, 7) is 1.43. The Morgan fingerprint density at radius 3 is 3.16 bits per heavy atom. The number of hydrogen-bond donors (Lipinski definition) is 0. The number of carbonyl (C=O) groups excluding carboxylic acids is 1. The Morgan fingerprint density at radius 2 is 2.37 bits per heavy atom. The van der Waals surface area contributed by atoms with Gasteiger partial charge in [0.25, 0.3) is 0 Å². The largest absolute Gasteiger partial charge is 0.344 e. The molecule has 0 saturated carbocycles. The molecule has 1 aliphatic rings. The van der Waals surface area contributed by atoms with Crippen LogP contribution >= 0.6 is 0 Å². The van der Waals surface area contributed by atoms with Crippen molar-refractivity contribution in [3.63, 3.8) is 0 Å². The number of amides is 1. The zero-order valence-electron chi connectivity index (χ0n) is 10.3. The summed E-state index contributed by atoms with van der Waals surface area (Å²) in [7, 11) is 0. The lowest BCUT2D eigenvalue weighted by Gasteiger charge is -2.27. The van der Waals surface area contributed by atoms with Crippen LogP contribution in [0.4, 0.5) is 0 Å². The van der Waals surface area contributed by atoms with E-state index in [4.69, 9.17) is 4.52 Å². The summed E-state index contributed by atoms with van der Waals surface area (Å²) in [6, 6.07) is 0. The van der Waals surface area contributed by atoms with Crippen LogP contribution in [0.1, 0.15) is 24.7 Å². The first kappa shape index (κ1) is 11.8. The maximum Gasteiger partial charge on any atom is 0.231 e. The minimum absolute atomic E-state index is 0.108. The highest BCUT2D eigenvalue weighted by molar-refractivity contribution is 5.48. The molecule has 7 nitrogen and oxygen atoms in total. The fourth-order valence-electron chi connectivity index (χ4n) is 2.22. The molecule has 1 amide bonds. The highest BCUT2D eigenvalue weighted by Crippen LogP contribution is 2.26. The number of carbonyl (C=O) groups is 1. The summed E-state index contributed by atoms with van der Waals surface area (Å²) in [6.07, 6.45) is 7.53. The molecule has 98 valence electrons. The van der Waals surface area contributed by atoms with Gasteiger partial charge in [0.05, 0.1) is 12.1 Å². The molecular formula is C12H13N5O2. The molecule has 1 saturated heterocycles. The molecule has 19 heavy (non-hydrogen) atoms. The lowest BCUT2D eigenvalue weighted by Crippen LogP contribution is -2.33. The van der Waals surface area contributed by atoms with Crippen LogP contribution in [0.5, 0.6) is 0 Å². The van der Waals surface area contributed by atoms with Gasteiger partial charge in [-0.2, -0.15) is 4.98 Å². The number of rotatable bonds is 3. The molecule has 0 aliphatic carbocycles. The summed E-state index contributed by atoms with van der Waals surface area (Å²) in [4.78, 5) is 25.0. The van der Waals surface area contributed by atoms with Crippen LogP contribution in [0, 0.1) is 0 Å². The zero-order valence-corrected chi connectivity index (χ0v) is 10.3. The molecule has 0 radical (unpaired) electrons. The molecule has 2 aromatic rings. The quantitative estimate of drug-likeness (QED) is 0.760. The van der Waals surface area contributed by atoms with Crippen LogP contribution in [0.25, 0.3) is 11.5 Å². The van der Waals surface area contributed by atoms with Gasteiger partial charge in [-0.3, -0.25) is 9.78 Å². The van der Waals surface area contributed by atoms with Crippen molar-refractivity contribution in [3.8, 4) is 11.5 Å². The summed E-state index contributed by atoms with van der Waals surface area (Å²) < 4.78 is 5.28. The summed E-state index contributed by atoms with van der Waals surface area (Å²) in [5.41, 5.74) is 0.584. The van der Waals surface area contributed by atoms with E-state index in [2.05, 4.69) is 20.1 Å². The lowest BCUT2D eigenvalue weighted by atomic mass is 9.98. The minimum Gasteiger partial charge on any atom is -0.344 e. The van der Waals surface area contributed by atoms with Crippen LogP contribution in [0.2, 0.25) is 0 Å². The van der Waals surface area contributed by atoms with Crippen molar-refractivity contribution in [2.24, 2.45) is 0 Å². The van der Waals surface area contributed by atoms with E-state index < -0.39 is 0 Å². The molecule has 0 aromatic carbocycles. The predicted octanol–water partition coefficient (Wildman–Crippen LogP) is 0.862. The molecule has 1 atom stereocenters. The van der Waals surface area contributed by atoms with Gasteiger partial charge in [-0.25, -0.2) is 4.98 Å². The molecule has 0 unspecified atom stereocenters. The number of aromatic nitrogens is 4. The molecular weight excluding hydrogens is 246 g/mol. The van der Waals surface area contributed by atoms with Gasteiger partial charge in [-0.1, -0.05) is 5.16 Å². The maximum atomic E-state index is 10.8. The SMILES string of the molecule is O=CN1CCC[C@H](c2nc(-c3cnccn3)no2)C1. The van der Waals surface area contributed by atoms with Gasteiger partial charge in [0, 0.05) is 25.5 Å². The summed E-state index contributed by atoms with van der Waals surface area (Å²) in [5, 5.41) is 3.92. The predicted molar refractivity (Wildman–Crippen MR) is 64.9 cm³/mol. The van der Waals surface area contributed by atoms with Crippen LogP contribution in [-0.4, -0.2) is 44.5 Å². The Labute approximate surface area is 109 Å². The van der Waals surface area contributed by atoms with E-state index in [1.807, 2.05) is 0 Å². The monoisotopic (exact) mass is 259 g/mol. The van der Waals surface area contributed by atoms with Crippen molar-refractivity contribution in [2.75, 3.05) is 13.1 Å². The molecule has 0 bridgehead atoms. The van der Waals surface area contributed by atoms with Crippen molar-refractivity contribution < 1.29 is 9.32 Å². The van der Waals surface area contributed by atoms with Crippen LogP contribution < -0.4 is 0 Å². The van der Waals surface area contributed by atoms with Gasteiger partial charge in [-0.05, 0) is 12.8 Å². The smallest absolute Gasteiger partial charge is 0.231 e. The Kier molecular flexibility index (Phi) is 3.18. The Bertz CT molecular complexity index is 556. The van der Waals surface area contributed by atoms with E-state index in [1.165, 1.54) is 0 Å². The lowest BCUT2D eigenvalue weighted by molar-refractivity contribution is -0.119. The molecule has 1 fully saturated rings. The van der Waals surface area contributed by atoms with Gasteiger partial charge in [0.2, 0.25) is 18.1 Å². The third-order valence-electron chi connectivity index (χ3n) is 3.19. The highest BCUT2D eigenvalue weighted by Gasteiger charge is 2.25. The first-order valence-electron chi connectivity index (χ1n) is 6.16. The average Bonchev–Trinajstić information content (AvgIpc) is 2.98. The zero-order chi connectivity index (χ0) is 13.1. The molecule has 1 aliphatic heterocycles. The Morgan fingerprint density at radius 1 is 1.42 bits per heavy atom. The van der Waals surface area contributed by atoms with Crippen LogP contribution in [-0.2, 0) is 4.79 Å². The van der Waals surface area contributed by atoms with E-state index in [-0.39, 0.29) is 5.92 Å². The number of likely N-dealkylation sites (tertiary alicyclic amines) is 1. The van der Waals surface area contributed by atoms with Crippen LogP contribution in [0.15, 0.2) is 23.1 Å². The van der Waals surface area contributed by atoms with E-state index in [0.29, 0.717) is 24.0 Å². The van der Waals surface area contributed by atoms with Gasteiger partial charge < -0.3 is 9.42 Å². The number of piperidine rings is 1. The minimum atomic E-state index is 0.108. The van der Waals surface area contributed by atoms with Gasteiger partial charge >= 0.3 is 0 Å². The molecule has 0 N–H and O–H groups in total. The van der Waals surface area contributed by atoms with Crippen molar-refractivity contribution in [3.05, 3.63) is 24.5 Å². The topological polar surface area (TPSA) is 85.0 Å². The maximum absolute atomic E-state index is 10.8. The molecule has 2 aromatic heterocycles. The van der Waals surface area contributed by atoms with Crippen molar-refractivity contribution in [1.29, 1.82) is 0 Å². The number of nitrogens with zero attached hydrogens (tertiary/aromatic N) is 5. The fraction of sp³-hybridized carbons (Fsp3) is 0.417. The van der Waals surface area contributed by atoms with Crippen molar-refractivity contribution >= 4 is 6.41 Å². The molecule has 3 rings (SSSR count). The Hall–Kier alpha value is -2.31. The second kappa shape index (κ2) is 5.13. The normalized spacial score (nSPS) is 19.4. The molecule has 0 spiro atoms. The van der Waals surface area contributed by atoms with E-state index in [9.17, 15) is 4.79 Å². The standard InChI is InChI=1S/C12H13N5O2/c18-8-17-5-1-2-9(7-17)12-15-11(16-19-12)10-6-13-3-4-14-10/h3-4,6,8-9H,1-2,5,7H2/t9-/m0/s1. The molecule has 3 heterocycles. The molecule has 7 heteroatoms. The van der Waals surface area contributed by atoms with E-state index >= 15 is 0 Å². The van der Waals surface area contributed by atoms with Crippen molar-refractivity contribution in [2.45, 2.75) is 18.8 Å². The third kappa shape index (κ3) is 2.44. The van der Waals surface area contributed by atoms with E-state index in [1.54, 1.807) is 23.5 Å². The van der Waals surface area contributed by atoms with Crippen LogP contribution in [0.3, 0.4) is 0 Å². The van der Waals surface area contributed by atoms with E-state index in [0.717, 1.165) is 25.8 Å². The van der Waals surface area contributed by atoms with Gasteiger partial charge in [0.15, 0.2) is 0 Å². The first-order chi connectivity index (χ1) is 9.36. The van der Waals surface area contributed by atoms with Crippen molar-refractivity contribution in [1.82, 2.24) is 25.0 Å². The van der Waals surface area contributed by atoms with Gasteiger partial charge in [0.1, 0.15) is 5.69 Å². The average molecular weight is 259 g/mol. The second-order valence-corrected chi connectivity index (χ2v) is 4.49. The second-order valence-electron chi connectivity index (χ2n) is 4.49. The third-order valence-corrected chi connectivity index (χ3v) is 3.19.